The van der Waals surface area contributed by atoms with E-state index >= 15 is 0 Å². The molecule has 8 nitrogen and oxygen atoms in total. The number of aryl methyl sites for hydroxylation is 3. The fraction of sp³-hybridized carbons (Fsp3) is 0.483. The molecule has 1 aliphatic heterocycles. The van der Waals surface area contributed by atoms with Gasteiger partial charge in [-0.25, -0.2) is 0 Å². The molecule has 0 unspecified atom stereocenters. The lowest BCUT2D eigenvalue weighted by molar-refractivity contribution is -0.111. The number of rotatable bonds is 27. The number of carbonyl (C=O) groups is 1. The van der Waals surface area contributed by atoms with E-state index in [1.807, 2.05) is 49.4 Å². The fourth-order valence-corrected chi connectivity index (χ4v) is 10.1. The lowest BCUT2D eigenvalue weighted by Crippen LogP contribution is -2.09. The lowest BCUT2D eigenvalue weighted by Gasteiger charge is -2.14. The Hall–Kier alpha value is -5.47. The number of hydrogen-bond acceptors (Lipinski definition) is 6. The molecule has 68 heavy (non-hydrogen) atoms. The van der Waals surface area contributed by atoms with Gasteiger partial charge in [0.2, 0.25) is 0 Å². The van der Waals surface area contributed by atoms with Gasteiger partial charge < -0.3 is 35.5 Å². The van der Waals surface area contributed by atoms with E-state index in [2.05, 4.69) is 35.9 Å². The van der Waals surface area contributed by atoms with Crippen LogP contribution in [0.5, 0.6) is 11.5 Å². The summed E-state index contributed by atoms with van der Waals surface area (Å²) in [5, 5.41) is 43.7. The van der Waals surface area contributed by atoms with E-state index in [0.717, 1.165) is 94.7 Å². The van der Waals surface area contributed by atoms with E-state index in [1.54, 1.807) is 30.3 Å². The molecule has 6 N–H and O–H groups in total. The number of fused-ring (bicyclic) bond motifs is 6. The number of aromatic nitrogens is 3. The summed E-state index contributed by atoms with van der Waals surface area (Å²) >= 11 is 0. The maximum absolute atomic E-state index is 13.2. The molecule has 0 saturated carbocycles. The average molecular weight is 921 g/mol. The second kappa shape index (κ2) is 27.5. The fourth-order valence-electron chi connectivity index (χ4n) is 10.1. The maximum atomic E-state index is 13.2. The smallest absolute Gasteiger partial charge is 0.132 e. The largest absolute Gasteiger partial charge is 0.508 e. The highest BCUT2D eigenvalue weighted by molar-refractivity contribution is 5.94. The normalized spacial score (nSPS) is 14.1. The summed E-state index contributed by atoms with van der Waals surface area (Å²) in [4.78, 5) is 25.9. The van der Waals surface area contributed by atoms with Crippen molar-refractivity contribution < 1.29 is 20.1 Å². The average Bonchev–Trinajstić information content (AvgIpc) is 4.09. The van der Waals surface area contributed by atoms with E-state index in [0.29, 0.717) is 34.3 Å². The molecule has 0 radical (unpaired) electrons. The molecule has 0 fully saturated rings. The van der Waals surface area contributed by atoms with Gasteiger partial charge in [0.25, 0.3) is 0 Å². The van der Waals surface area contributed by atoms with Crippen molar-refractivity contribution in [1.82, 2.24) is 15.0 Å². The van der Waals surface area contributed by atoms with E-state index in [-0.39, 0.29) is 11.5 Å². The minimum Gasteiger partial charge on any atom is -0.508 e. The van der Waals surface area contributed by atoms with Crippen LogP contribution in [0.15, 0.2) is 84.9 Å². The topological polar surface area (TPSA) is 146 Å². The van der Waals surface area contributed by atoms with Crippen molar-refractivity contribution in [3.05, 3.63) is 118 Å². The summed E-state index contributed by atoms with van der Waals surface area (Å²) in [6.07, 6.45) is 28.0. The Morgan fingerprint density at radius 3 is 1.43 bits per heavy atom. The number of aldehydes is 1. The molecule has 6 bridgehead atoms. The highest BCUT2D eigenvalue weighted by Gasteiger charge is 2.35. The number of unbranched alkanes of at least 4 members (excludes halogenated alkanes) is 20. The van der Waals surface area contributed by atoms with E-state index < -0.39 is 12.0 Å². The van der Waals surface area contributed by atoms with Gasteiger partial charge >= 0.3 is 0 Å². The third-order valence-electron chi connectivity index (χ3n) is 14.0. The van der Waals surface area contributed by atoms with Gasteiger partial charge in [-0.05, 0) is 109 Å². The molecule has 0 spiro atoms. The Bertz CT molecular complexity index is 2590. The number of aromatic amines is 2. The van der Waals surface area contributed by atoms with E-state index in [4.69, 9.17) is 4.98 Å². The zero-order valence-electron chi connectivity index (χ0n) is 41.5. The number of benzene rings is 2. The number of phenolic OH excluding ortho intramolecular Hbond substituents is 2. The monoisotopic (exact) mass is 921 g/mol. The first-order chi connectivity index (χ1) is 33.2. The van der Waals surface area contributed by atoms with Crippen LogP contribution in [0, 0.1) is 12.3 Å². The van der Waals surface area contributed by atoms with Gasteiger partial charge in [0, 0.05) is 38.8 Å². The summed E-state index contributed by atoms with van der Waals surface area (Å²) in [5.74, 6) is -0.701. The van der Waals surface area contributed by atoms with Crippen molar-refractivity contribution in [2.45, 2.75) is 187 Å². The van der Waals surface area contributed by atoms with Crippen LogP contribution in [-0.2, 0) is 17.6 Å². The Morgan fingerprint density at radius 2 is 0.956 bits per heavy atom. The second-order valence-corrected chi connectivity index (χ2v) is 19.4. The Labute approximate surface area is 406 Å². The minimum absolute atomic E-state index is 0.0838. The first-order valence-electron chi connectivity index (χ1n) is 26.4. The lowest BCUT2D eigenvalue weighted by atomic mass is 9.91. The minimum atomic E-state index is -1.19. The first kappa shape index (κ1) is 51.9. The van der Waals surface area contributed by atoms with Crippen LogP contribution in [-0.4, -0.2) is 36.6 Å². The number of aliphatic hydroxyl groups excluding tert-OH is 1. The number of carbonyl (C=O) groups excluding carboxylic acids is 1. The van der Waals surface area contributed by atoms with Crippen molar-refractivity contribution in [1.29, 1.82) is 5.41 Å². The van der Waals surface area contributed by atoms with Crippen LogP contribution in [0.4, 0.5) is 0 Å². The van der Waals surface area contributed by atoms with Gasteiger partial charge in [0.15, 0.2) is 0 Å². The highest BCUT2D eigenvalue weighted by Crippen LogP contribution is 2.42. The molecule has 2 atom stereocenters. The molecule has 3 aromatic heterocycles. The van der Waals surface area contributed by atoms with Crippen molar-refractivity contribution in [2.24, 2.45) is 0 Å². The summed E-state index contributed by atoms with van der Waals surface area (Å²) in [6.45, 7) is 6.47. The summed E-state index contributed by atoms with van der Waals surface area (Å²) < 4.78 is 0. The van der Waals surface area contributed by atoms with Crippen LogP contribution in [0.1, 0.15) is 195 Å². The predicted molar refractivity (Wildman–Crippen MR) is 282 cm³/mol. The molecule has 1 aliphatic rings. The van der Waals surface area contributed by atoms with Gasteiger partial charge in [-0.2, -0.15) is 0 Å². The standard InChI is InChI=1S/C60H80N4O4/c1-4-6-8-10-12-14-16-18-20-22-24-32-48-51(61)35-34-43(3)56(44-28-26-30-46(66)40-44)58-50(42-65)60(68)59(64-58)49(33-25-23-21-19-17-15-13-11-9-7-5-2)53-37-39-55(63-53)57(54-38-36-52(48)62-54)45-29-27-31-47(67)41-45/h26-31,34-42,50,60-63,66-68H,4-25,32-33H2,1-3H3/t50-,60-/m1/s1. The molecule has 4 heterocycles. The first-order valence-corrected chi connectivity index (χ1v) is 26.4. The highest BCUT2D eigenvalue weighted by atomic mass is 16.3. The van der Waals surface area contributed by atoms with Crippen LogP contribution >= 0.6 is 0 Å². The van der Waals surface area contributed by atoms with Crippen LogP contribution in [0.25, 0.3) is 44.3 Å². The second-order valence-electron chi connectivity index (χ2n) is 19.4. The molecule has 364 valence electrons. The molecule has 0 aliphatic carbocycles. The summed E-state index contributed by atoms with van der Waals surface area (Å²) in [7, 11) is 0. The number of nitrogens with zero attached hydrogens (tertiary/aromatic N) is 1. The van der Waals surface area contributed by atoms with Crippen LogP contribution < -0.4 is 5.36 Å². The zero-order chi connectivity index (χ0) is 48.1. The molecular weight excluding hydrogens is 841 g/mol. The van der Waals surface area contributed by atoms with E-state index in [9.17, 15) is 25.5 Å². The van der Waals surface area contributed by atoms with Gasteiger partial charge in [-0.3, -0.25) is 4.98 Å². The third kappa shape index (κ3) is 14.5. The molecule has 5 aromatic rings. The summed E-state index contributed by atoms with van der Waals surface area (Å²) in [5.41, 5.74) is 9.80. The Kier molecular flexibility index (Phi) is 21.0. The number of nitrogens with one attached hydrogen (secondary N) is 3. The van der Waals surface area contributed by atoms with Crippen molar-refractivity contribution in [2.75, 3.05) is 0 Å². The zero-order valence-corrected chi connectivity index (χ0v) is 41.5. The predicted octanol–water partition coefficient (Wildman–Crippen LogP) is 15.9. The van der Waals surface area contributed by atoms with E-state index in [1.165, 1.54) is 109 Å². The van der Waals surface area contributed by atoms with Crippen molar-refractivity contribution >= 4 is 28.4 Å². The van der Waals surface area contributed by atoms with Crippen LogP contribution in [0.3, 0.4) is 0 Å². The maximum Gasteiger partial charge on any atom is 0.132 e. The van der Waals surface area contributed by atoms with Gasteiger partial charge in [0.1, 0.15) is 23.9 Å². The van der Waals surface area contributed by atoms with Crippen molar-refractivity contribution in [3.8, 4) is 33.8 Å². The third-order valence-corrected chi connectivity index (χ3v) is 14.0. The van der Waals surface area contributed by atoms with Crippen LogP contribution in [0.2, 0.25) is 0 Å². The Balaban J connectivity index is 1.47. The number of aromatic hydroxyl groups is 2. The Morgan fingerprint density at radius 1 is 0.529 bits per heavy atom. The number of H-pyrrole nitrogens is 2. The van der Waals surface area contributed by atoms with Gasteiger partial charge in [0.05, 0.1) is 22.7 Å². The van der Waals surface area contributed by atoms with Gasteiger partial charge in [-0.15, -0.1) is 0 Å². The molecule has 2 aromatic carbocycles. The molecule has 6 rings (SSSR count). The molecule has 0 amide bonds. The van der Waals surface area contributed by atoms with Gasteiger partial charge in [-0.1, -0.05) is 173 Å². The molecular formula is C60H80N4O4. The quantitative estimate of drug-likeness (QED) is 0.0229. The number of hydrogen-bond donors (Lipinski definition) is 6. The number of phenols is 2. The summed E-state index contributed by atoms with van der Waals surface area (Å²) in [6, 6.07) is 26.2. The number of aliphatic hydroxyl groups is 1. The SMILES string of the molecule is CCCCCCCCCCCCCc1c2nc(c(-c3cccc(O)c3)c(C)ccc(=N)c(CCCCCCCCCCCCC)c3ccc([nH]3)c(-c3cccc(O)c3)c3ccc1[nH]3)[C@@H](C=O)[C@H]2O. The molecule has 0 saturated heterocycles. The molecule has 8 heteroatoms. The van der Waals surface area contributed by atoms with Crippen molar-refractivity contribution in [3.63, 3.8) is 0 Å².